The molecular formula is C23H28NO2P. The van der Waals surface area contributed by atoms with Crippen LogP contribution < -0.4 is 20.7 Å². The zero-order valence-electron chi connectivity index (χ0n) is 16.1. The number of rotatable bonds is 9. The predicted octanol–water partition coefficient (Wildman–Crippen LogP) is 3.69. The monoisotopic (exact) mass is 381 g/mol. The van der Waals surface area contributed by atoms with Crippen molar-refractivity contribution in [2.45, 2.75) is 19.4 Å². The molecule has 2 aromatic rings. The van der Waals surface area contributed by atoms with Gasteiger partial charge in [-0.1, -0.05) is 63.2 Å². The van der Waals surface area contributed by atoms with Gasteiger partial charge < -0.3 is 14.8 Å². The van der Waals surface area contributed by atoms with Crippen LogP contribution in [0.25, 0.3) is 0 Å². The van der Waals surface area contributed by atoms with Gasteiger partial charge >= 0.3 is 0 Å². The molecule has 27 heavy (non-hydrogen) atoms. The Kier molecular flexibility index (Phi) is 7.65. The van der Waals surface area contributed by atoms with Crippen molar-refractivity contribution in [3.8, 4) is 5.75 Å². The van der Waals surface area contributed by atoms with Crippen LogP contribution in [0, 0.1) is 5.92 Å². The fraction of sp³-hybridized carbons (Fsp3) is 0.304. The lowest BCUT2D eigenvalue weighted by molar-refractivity contribution is 0.0519. The van der Waals surface area contributed by atoms with Gasteiger partial charge in [0, 0.05) is 19.0 Å². The summed E-state index contributed by atoms with van der Waals surface area (Å²) in [7, 11) is 4.19. The van der Waals surface area contributed by atoms with Crippen LogP contribution in [0.4, 0.5) is 0 Å². The maximum atomic E-state index is 5.85. The molecule has 1 aliphatic rings. The number of hydrogen-bond acceptors (Lipinski definition) is 3. The summed E-state index contributed by atoms with van der Waals surface area (Å²) in [5, 5.41) is 5.86. The number of ether oxygens (including phenoxy) is 2. The molecule has 0 fully saturated rings. The third-order valence-electron chi connectivity index (χ3n) is 4.60. The Morgan fingerprint density at radius 3 is 2.78 bits per heavy atom. The first-order valence-corrected chi connectivity index (χ1v) is 10.4. The van der Waals surface area contributed by atoms with Crippen molar-refractivity contribution in [3.63, 3.8) is 0 Å². The van der Waals surface area contributed by atoms with Gasteiger partial charge in [-0.2, -0.15) is 0 Å². The van der Waals surface area contributed by atoms with E-state index in [0.29, 0.717) is 14.5 Å². The summed E-state index contributed by atoms with van der Waals surface area (Å²) in [6.07, 6.45) is 11.0. The van der Waals surface area contributed by atoms with E-state index in [9.17, 15) is 0 Å². The van der Waals surface area contributed by atoms with E-state index >= 15 is 0 Å². The van der Waals surface area contributed by atoms with Gasteiger partial charge in [-0.05, 0) is 54.4 Å². The second kappa shape index (κ2) is 10.4. The highest BCUT2D eigenvalue weighted by molar-refractivity contribution is 7.55. The molecule has 0 saturated carbocycles. The topological polar surface area (TPSA) is 30.5 Å². The van der Waals surface area contributed by atoms with Gasteiger partial charge in [0.2, 0.25) is 0 Å². The van der Waals surface area contributed by atoms with Crippen LogP contribution in [0.2, 0.25) is 0 Å². The summed E-state index contributed by atoms with van der Waals surface area (Å²) >= 11 is 0. The van der Waals surface area contributed by atoms with Crippen molar-refractivity contribution in [2.24, 2.45) is 5.92 Å². The molecule has 2 atom stereocenters. The molecule has 1 aliphatic carbocycles. The van der Waals surface area contributed by atoms with Gasteiger partial charge in [0.25, 0.3) is 0 Å². The van der Waals surface area contributed by atoms with Crippen LogP contribution in [0.15, 0.2) is 66.8 Å². The SMILES string of the molecule is CNCc1ccccc1Pc1cc(CC2C=CC=CC2)ccc1OCOC. The second-order valence-corrected chi connectivity index (χ2v) is 8.03. The highest BCUT2D eigenvalue weighted by atomic mass is 31.1. The molecule has 0 bridgehead atoms. The van der Waals surface area contributed by atoms with Gasteiger partial charge in [0.15, 0.2) is 6.79 Å². The Morgan fingerprint density at radius 1 is 1.11 bits per heavy atom. The van der Waals surface area contributed by atoms with E-state index in [1.165, 1.54) is 21.7 Å². The molecule has 0 aromatic heterocycles. The van der Waals surface area contributed by atoms with E-state index in [1.807, 2.05) is 7.05 Å². The summed E-state index contributed by atoms with van der Waals surface area (Å²) in [6, 6.07) is 15.2. The Balaban J connectivity index is 1.84. The van der Waals surface area contributed by atoms with E-state index in [-0.39, 0.29) is 6.79 Å². The average molecular weight is 381 g/mol. The van der Waals surface area contributed by atoms with Crippen molar-refractivity contribution >= 4 is 19.2 Å². The molecule has 0 aliphatic heterocycles. The molecule has 1 N–H and O–H groups in total. The third-order valence-corrected chi connectivity index (χ3v) is 6.01. The highest BCUT2D eigenvalue weighted by Crippen LogP contribution is 2.25. The molecule has 0 radical (unpaired) electrons. The largest absolute Gasteiger partial charge is 0.467 e. The van der Waals surface area contributed by atoms with Crippen molar-refractivity contribution in [1.29, 1.82) is 0 Å². The standard InChI is InChI=1S/C23H28NO2P/c1-24-16-20-10-6-7-11-22(20)27-23-15-19(12-13-21(23)26-17-25-2)14-18-8-4-3-5-9-18/h3-8,10-13,15,18,24,27H,9,14,16-17H2,1-2H3. The van der Waals surface area contributed by atoms with Crippen LogP contribution >= 0.6 is 8.58 Å². The number of allylic oxidation sites excluding steroid dienone is 4. The highest BCUT2D eigenvalue weighted by Gasteiger charge is 2.12. The van der Waals surface area contributed by atoms with Gasteiger partial charge in [-0.15, -0.1) is 0 Å². The predicted molar refractivity (Wildman–Crippen MR) is 116 cm³/mol. The second-order valence-electron chi connectivity index (χ2n) is 6.71. The number of benzene rings is 2. The first kappa shape index (κ1) is 19.8. The van der Waals surface area contributed by atoms with Crippen LogP contribution in [0.1, 0.15) is 17.5 Å². The smallest absolute Gasteiger partial charge is 0.188 e. The summed E-state index contributed by atoms with van der Waals surface area (Å²) in [5.41, 5.74) is 2.69. The zero-order valence-corrected chi connectivity index (χ0v) is 17.1. The Morgan fingerprint density at radius 2 is 2.00 bits per heavy atom. The molecule has 2 unspecified atom stereocenters. The lowest BCUT2D eigenvalue weighted by Crippen LogP contribution is -2.17. The van der Waals surface area contributed by atoms with Crippen molar-refractivity contribution in [3.05, 3.63) is 77.9 Å². The molecular weight excluding hydrogens is 353 g/mol. The fourth-order valence-corrected chi connectivity index (χ4v) is 4.61. The lowest BCUT2D eigenvalue weighted by atomic mass is 9.93. The summed E-state index contributed by atoms with van der Waals surface area (Å²) < 4.78 is 11.0. The molecule has 142 valence electrons. The molecule has 0 saturated heterocycles. The van der Waals surface area contributed by atoms with Gasteiger partial charge in [-0.25, -0.2) is 0 Å². The van der Waals surface area contributed by atoms with Gasteiger partial charge in [0.05, 0.1) is 0 Å². The molecule has 3 rings (SSSR count). The van der Waals surface area contributed by atoms with E-state index in [4.69, 9.17) is 9.47 Å². The minimum atomic E-state index is 0.269. The molecule has 3 nitrogen and oxygen atoms in total. The molecule has 0 heterocycles. The first-order chi connectivity index (χ1) is 13.3. The normalized spacial score (nSPS) is 16.3. The summed E-state index contributed by atoms with van der Waals surface area (Å²) in [5.74, 6) is 1.49. The summed E-state index contributed by atoms with van der Waals surface area (Å²) in [4.78, 5) is 0. The number of hydrogen-bond donors (Lipinski definition) is 1. The van der Waals surface area contributed by atoms with Gasteiger partial charge in [-0.3, -0.25) is 0 Å². The minimum Gasteiger partial charge on any atom is -0.467 e. The van der Waals surface area contributed by atoms with Crippen LogP contribution in [-0.4, -0.2) is 21.0 Å². The molecule has 0 amide bonds. The number of nitrogens with one attached hydrogen (secondary N) is 1. The quantitative estimate of drug-likeness (QED) is 0.531. The van der Waals surface area contributed by atoms with Crippen LogP contribution in [0.3, 0.4) is 0 Å². The molecule has 0 spiro atoms. The van der Waals surface area contributed by atoms with E-state index in [2.05, 4.69) is 72.1 Å². The van der Waals surface area contributed by atoms with Gasteiger partial charge in [0.1, 0.15) is 5.75 Å². The fourth-order valence-electron chi connectivity index (χ4n) is 3.27. The Hall–Kier alpha value is -1.93. The Bertz CT molecular complexity index is 801. The van der Waals surface area contributed by atoms with Crippen molar-refractivity contribution in [2.75, 3.05) is 21.0 Å². The molecule has 2 aromatic carbocycles. The van der Waals surface area contributed by atoms with E-state index in [1.54, 1.807) is 7.11 Å². The van der Waals surface area contributed by atoms with Crippen molar-refractivity contribution in [1.82, 2.24) is 5.32 Å². The zero-order chi connectivity index (χ0) is 18.9. The Labute approximate surface area is 164 Å². The van der Waals surface area contributed by atoms with Crippen LogP contribution in [-0.2, 0) is 17.7 Å². The maximum absolute atomic E-state index is 5.85. The average Bonchev–Trinajstić information content (AvgIpc) is 2.70. The maximum Gasteiger partial charge on any atom is 0.188 e. The minimum absolute atomic E-state index is 0.269. The molecule has 4 heteroatoms. The third kappa shape index (κ3) is 5.77. The van der Waals surface area contributed by atoms with Crippen LogP contribution in [0.5, 0.6) is 5.75 Å². The lowest BCUT2D eigenvalue weighted by Gasteiger charge is -2.17. The first-order valence-electron chi connectivity index (χ1n) is 9.37. The summed E-state index contributed by atoms with van der Waals surface area (Å²) in [6.45, 7) is 1.14. The van der Waals surface area contributed by atoms with E-state index in [0.717, 1.165) is 25.1 Å². The van der Waals surface area contributed by atoms with E-state index < -0.39 is 0 Å². The number of methoxy groups -OCH3 is 1. The van der Waals surface area contributed by atoms with Crippen molar-refractivity contribution < 1.29 is 9.47 Å².